The van der Waals surface area contributed by atoms with Gasteiger partial charge in [-0.25, -0.2) is 9.18 Å². The molecular formula is C21H22FN3O3. The van der Waals surface area contributed by atoms with E-state index in [1.54, 1.807) is 19.1 Å². The Morgan fingerprint density at radius 3 is 2.61 bits per heavy atom. The third-order valence-electron chi connectivity index (χ3n) is 4.43. The molecule has 0 aliphatic carbocycles. The minimum Gasteiger partial charge on any atom is -0.465 e. The number of rotatable bonds is 7. The molecule has 2 amide bonds. The Labute approximate surface area is 162 Å². The molecule has 1 atom stereocenters. The van der Waals surface area contributed by atoms with Gasteiger partial charge in [-0.05, 0) is 36.2 Å². The first-order valence-corrected chi connectivity index (χ1v) is 9.07. The zero-order valence-corrected chi connectivity index (χ0v) is 15.5. The van der Waals surface area contributed by atoms with Crippen LogP contribution in [-0.2, 0) is 9.53 Å². The summed E-state index contributed by atoms with van der Waals surface area (Å²) in [6, 6.07) is 13.6. The number of carbonyl (C=O) groups is 2. The Hall–Kier alpha value is -3.35. The number of hydrogen-bond donors (Lipinski definition) is 3. The molecule has 2 aromatic carbocycles. The van der Waals surface area contributed by atoms with Crippen molar-refractivity contribution in [1.82, 2.24) is 15.6 Å². The first-order valence-electron chi connectivity index (χ1n) is 9.07. The molecule has 3 rings (SSSR count). The molecule has 0 saturated heterocycles. The van der Waals surface area contributed by atoms with Crippen LogP contribution < -0.4 is 10.6 Å². The summed E-state index contributed by atoms with van der Waals surface area (Å²) in [4.78, 5) is 26.7. The summed E-state index contributed by atoms with van der Waals surface area (Å²) < 4.78 is 18.2. The average Bonchev–Trinajstić information content (AvgIpc) is 3.12. The smallest absolute Gasteiger partial charge is 0.325 e. The van der Waals surface area contributed by atoms with Gasteiger partial charge >= 0.3 is 12.0 Å². The minimum absolute atomic E-state index is 0.190. The largest absolute Gasteiger partial charge is 0.465 e. The van der Waals surface area contributed by atoms with Crippen molar-refractivity contribution in [3.05, 3.63) is 71.7 Å². The maximum Gasteiger partial charge on any atom is 0.325 e. The van der Waals surface area contributed by atoms with E-state index < -0.39 is 12.0 Å². The lowest BCUT2D eigenvalue weighted by atomic mass is 9.91. The quantitative estimate of drug-likeness (QED) is 0.548. The van der Waals surface area contributed by atoms with E-state index in [9.17, 15) is 14.0 Å². The maximum absolute atomic E-state index is 13.4. The summed E-state index contributed by atoms with van der Waals surface area (Å²) >= 11 is 0. The number of aromatic nitrogens is 1. The molecule has 1 heterocycles. The number of aromatic amines is 1. The highest BCUT2D eigenvalue weighted by atomic mass is 19.1. The Bertz CT molecular complexity index is 953. The first-order chi connectivity index (χ1) is 13.6. The van der Waals surface area contributed by atoms with Gasteiger partial charge in [0.1, 0.15) is 12.4 Å². The molecule has 0 saturated carbocycles. The average molecular weight is 383 g/mol. The highest BCUT2D eigenvalue weighted by Crippen LogP contribution is 2.30. The zero-order chi connectivity index (χ0) is 19.9. The van der Waals surface area contributed by atoms with E-state index in [0.29, 0.717) is 0 Å². The van der Waals surface area contributed by atoms with Gasteiger partial charge in [-0.3, -0.25) is 4.79 Å². The van der Waals surface area contributed by atoms with Crippen LogP contribution in [0.15, 0.2) is 54.7 Å². The third kappa shape index (κ3) is 4.68. The van der Waals surface area contributed by atoms with Gasteiger partial charge in [0.15, 0.2) is 0 Å². The van der Waals surface area contributed by atoms with Crippen molar-refractivity contribution in [2.24, 2.45) is 0 Å². The molecule has 6 nitrogen and oxygen atoms in total. The number of ether oxygens (including phenoxy) is 1. The summed E-state index contributed by atoms with van der Waals surface area (Å²) in [6.07, 6.45) is 1.90. The van der Waals surface area contributed by atoms with Crippen LogP contribution in [0.3, 0.4) is 0 Å². The van der Waals surface area contributed by atoms with Crippen LogP contribution in [0.4, 0.5) is 9.18 Å². The van der Waals surface area contributed by atoms with E-state index in [4.69, 9.17) is 4.74 Å². The van der Waals surface area contributed by atoms with Crippen molar-refractivity contribution >= 4 is 22.9 Å². The molecule has 3 aromatic rings. The van der Waals surface area contributed by atoms with Crippen LogP contribution in [0, 0.1) is 5.82 Å². The fourth-order valence-corrected chi connectivity index (χ4v) is 3.11. The number of urea groups is 1. The van der Waals surface area contributed by atoms with Crippen LogP contribution in [0.25, 0.3) is 10.9 Å². The lowest BCUT2D eigenvalue weighted by molar-refractivity contribution is -0.141. The van der Waals surface area contributed by atoms with Gasteiger partial charge in [-0.1, -0.05) is 30.3 Å². The van der Waals surface area contributed by atoms with E-state index in [-0.39, 0.29) is 31.4 Å². The van der Waals surface area contributed by atoms with Crippen molar-refractivity contribution < 1.29 is 18.7 Å². The molecule has 146 valence electrons. The van der Waals surface area contributed by atoms with Gasteiger partial charge in [0.05, 0.1) is 6.61 Å². The lowest BCUT2D eigenvalue weighted by Crippen LogP contribution is -2.40. The molecule has 0 aliphatic rings. The molecule has 0 fully saturated rings. The fraction of sp³-hybridized carbons (Fsp3) is 0.238. The van der Waals surface area contributed by atoms with Crippen molar-refractivity contribution in [3.8, 4) is 0 Å². The Morgan fingerprint density at radius 2 is 1.86 bits per heavy atom. The predicted octanol–water partition coefficient (Wildman–Crippen LogP) is 3.30. The molecule has 0 bridgehead atoms. The molecule has 0 radical (unpaired) electrons. The van der Waals surface area contributed by atoms with Gasteiger partial charge in [0, 0.05) is 29.6 Å². The van der Waals surface area contributed by atoms with E-state index in [1.165, 1.54) is 12.1 Å². The second kappa shape index (κ2) is 9.03. The summed E-state index contributed by atoms with van der Waals surface area (Å²) in [6.45, 7) is 2.04. The van der Waals surface area contributed by atoms with E-state index in [0.717, 1.165) is 22.0 Å². The fourth-order valence-electron chi connectivity index (χ4n) is 3.11. The Kier molecular flexibility index (Phi) is 6.26. The standard InChI is InChI=1S/C21H22FN3O3/c1-2-28-20(26)13-25-21(27)24-11-17(14-7-9-15(22)10-8-14)18-12-23-19-6-4-3-5-16(18)19/h3-10,12,17,23H,2,11,13H2,1H3,(H2,24,25,27). The van der Waals surface area contributed by atoms with Crippen molar-refractivity contribution in [2.75, 3.05) is 19.7 Å². The van der Waals surface area contributed by atoms with Crippen LogP contribution >= 0.6 is 0 Å². The van der Waals surface area contributed by atoms with Crippen LogP contribution in [0.2, 0.25) is 0 Å². The Balaban J connectivity index is 1.77. The molecule has 1 unspecified atom stereocenters. The van der Waals surface area contributed by atoms with Gasteiger partial charge in [0.25, 0.3) is 0 Å². The van der Waals surface area contributed by atoms with E-state index >= 15 is 0 Å². The highest BCUT2D eigenvalue weighted by molar-refractivity contribution is 5.84. The summed E-state index contributed by atoms with van der Waals surface area (Å²) in [5, 5.41) is 6.29. The van der Waals surface area contributed by atoms with Crippen molar-refractivity contribution in [3.63, 3.8) is 0 Å². The zero-order valence-electron chi connectivity index (χ0n) is 15.5. The predicted molar refractivity (Wildman–Crippen MR) is 105 cm³/mol. The third-order valence-corrected chi connectivity index (χ3v) is 4.43. The SMILES string of the molecule is CCOC(=O)CNC(=O)NCC(c1ccc(F)cc1)c1c[nH]c2ccccc12. The number of amides is 2. The molecule has 7 heteroatoms. The number of H-pyrrole nitrogens is 1. The molecular weight excluding hydrogens is 361 g/mol. The number of hydrogen-bond acceptors (Lipinski definition) is 3. The van der Waals surface area contributed by atoms with Crippen LogP contribution in [0.1, 0.15) is 24.0 Å². The topological polar surface area (TPSA) is 83.2 Å². The molecule has 1 aromatic heterocycles. The van der Waals surface area contributed by atoms with Crippen molar-refractivity contribution in [1.29, 1.82) is 0 Å². The van der Waals surface area contributed by atoms with Crippen LogP contribution in [0.5, 0.6) is 0 Å². The highest BCUT2D eigenvalue weighted by Gasteiger charge is 2.19. The number of esters is 1. The molecule has 28 heavy (non-hydrogen) atoms. The maximum atomic E-state index is 13.4. The van der Waals surface area contributed by atoms with Crippen LogP contribution in [-0.4, -0.2) is 36.7 Å². The van der Waals surface area contributed by atoms with Gasteiger partial charge in [0.2, 0.25) is 0 Å². The number of para-hydroxylation sites is 1. The molecule has 0 spiro atoms. The first kappa shape index (κ1) is 19.4. The summed E-state index contributed by atoms with van der Waals surface area (Å²) in [5.41, 5.74) is 2.85. The number of carbonyl (C=O) groups excluding carboxylic acids is 2. The van der Waals surface area contributed by atoms with Crippen molar-refractivity contribution in [2.45, 2.75) is 12.8 Å². The number of fused-ring (bicyclic) bond motifs is 1. The van der Waals surface area contributed by atoms with Gasteiger partial charge in [-0.15, -0.1) is 0 Å². The van der Waals surface area contributed by atoms with E-state index in [1.807, 2.05) is 30.5 Å². The minimum atomic E-state index is -0.496. The number of benzene rings is 2. The summed E-state index contributed by atoms with van der Waals surface area (Å²) in [5.74, 6) is -1.00. The number of nitrogens with one attached hydrogen (secondary N) is 3. The monoisotopic (exact) mass is 383 g/mol. The Morgan fingerprint density at radius 1 is 1.11 bits per heavy atom. The van der Waals surface area contributed by atoms with Gasteiger partial charge < -0.3 is 20.4 Å². The molecule has 3 N–H and O–H groups in total. The second-order valence-corrected chi connectivity index (χ2v) is 6.26. The van der Waals surface area contributed by atoms with E-state index in [2.05, 4.69) is 15.6 Å². The molecule has 0 aliphatic heterocycles. The lowest BCUT2D eigenvalue weighted by Gasteiger charge is -2.18. The summed E-state index contributed by atoms with van der Waals surface area (Å²) in [7, 11) is 0. The second-order valence-electron chi connectivity index (χ2n) is 6.26. The number of halogens is 1. The normalized spacial score (nSPS) is 11.8. The van der Waals surface area contributed by atoms with Gasteiger partial charge in [-0.2, -0.15) is 0 Å².